The summed E-state index contributed by atoms with van der Waals surface area (Å²) in [7, 11) is 1.94. The van der Waals surface area contributed by atoms with E-state index in [0.717, 1.165) is 17.8 Å². The first-order valence-electron chi connectivity index (χ1n) is 5.84. The maximum atomic E-state index is 11.2. The maximum absolute atomic E-state index is 11.2. The Morgan fingerprint density at radius 3 is 2.79 bits per heavy atom. The molecule has 5 heteroatoms. The number of carboxylic acids is 1. The molecule has 1 aromatic carbocycles. The van der Waals surface area contributed by atoms with Crippen molar-refractivity contribution in [3.63, 3.8) is 0 Å². The lowest BCUT2D eigenvalue weighted by molar-refractivity contribution is 0.0698. The molecule has 0 saturated heterocycles. The molecule has 1 aromatic heterocycles. The van der Waals surface area contributed by atoms with Gasteiger partial charge in [0.25, 0.3) is 0 Å². The monoisotopic (exact) mass is 276 g/mol. The minimum Gasteiger partial charge on any atom is -0.478 e. The second-order valence-electron chi connectivity index (χ2n) is 4.52. The SMILES string of the molecule is Cc1cc(N(C)Cc2ccsc2)cc(C(=O)O)c1N. The van der Waals surface area contributed by atoms with Crippen LogP contribution in [0.15, 0.2) is 29.0 Å². The number of carboxylic acid groups (broad SMARTS) is 1. The second-order valence-corrected chi connectivity index (χ2v) is 5.30. The van der Waals surface area contributed by atoms with Crippen LogP contribution < -0.4 is 10.6 Å². The maximum Gasteiger partial charge on any atom is 0.337 e. The molecule has 0 aliphatic carbocycles. The van der Waals surface area contributed by atoms with Crippen molar-refractivity contribution in [2.45, 2.75) is 13.5 Å². The fraction of sp³-hybridized carbons (Fsp3) is 0.214. The number of aryl methyl sites for hydroxylation is 1. The Bertz CT molecular complexity index is 594. The minimum atomic E-state index is -0.994. The smallest absolute Gasteiger partial charge is 0.337 e. The molecule has 0 aliphatic rings. The van der Waals surface area contributed by atoms with E-state index in [2.05, 4.69) is 11.4 Å². The van der Waals surface area contributed by atoms with E-state index >= 15 is 0 Å². The summed E-state index contributed by atoms with van der Waals surface area (Å²) in [6.07, 6.45) is 0. The van der Waals surface area contributed by atoms with E-state index in [4.69, 9.17) is 10.8 Å². The minimum absolute atomic E-state index is 0.159. The molecule has 0 atom stereocenters. The van der Waals surface area contributed by atoms with Crippen molar-refractivity contribution < 1.29 is 9.90 Å². The highest BCUT2D eigenvalue weighted by molar-refractivity contribution is 7.07. The van der Waals surface area contributed by atoms with E-state index in [-0.39, 0.29) is 5.56 Å². The van der Waals surface area contributed by atoms with Gasteiger partial charge in [0.05, 0.1) is 5.56 Å². The third-order valence-electron chi connectivity index (χ3n) is 3.04. The average molecular weight is 276 g/mol. The number of aromatic carboxylic acids is 1. The first-order chi connectivity index (χ1) is 8.99. The van der Waals surface area contributed by atoms with Gasteiger partial charge in [-0.15, -0.1) is 0 Å². The number of nitrogens with two attached hydrogens (primary N) is 1. The average Bonchev–Trinajstić information content (AvgIpc) is 2.84. The van der Waals surface area contributed by atoms with Crippen LogP contribution in [0.4, 0.5) is 11.4 Å². The number of carbonyl (C=O) groups is 1. The van der Waals surface area contributed by atoms with Gasteiger partial charge in [-0.1, -0.05) is 0 Å². The van der Waals surface area contributed by atoms with Gasteiger partial charge < -0.3 is 15.7 Å². The molecule has 0 unspecified atom stereocenters. The zero-order valence-corrected chi connectivity index (χ0v) is 11.7. The Kier molecular flexibility index (Phi) is 3.76. The number of nitrogen functional groups attached to an aromatic ring is 1. The quantitative estimate of drug-likeness (QED) is 0.842. The highest BCUT2D eigenvalue weighted by Crippen LogP contribution is 2.26. The Balaban J connectivity index is 2.32. The molecule has 2 rings (SSSR count). The van der Waals surface area contributed by atoms with E-state index in [1.807, 2.05) is 30.3 Å². The lowest BCUT2D eigenvalue weighted by Gasteiger charge is -2.20. The Labute approximate surface area is 116 Å². The van der Waals surface area contributed by atoms with Crippen LogP contribution in [0.5, 0.6) is 0 Å². The Morgan fingerprint density at radius 2 is 2.21 bits per heavy atom. The van der Waals surface area contributed by atoms with Gasteiger partial charge in [-0.25, -0.2) is 4.79 Å². The summed E-state index contributed by atoms with van der Waals surface area (Å²) in [5.41, 5.74) is 9.13. The number of anilines is 2. The molecule has 0 aliphatic heterocycles. The molecular formula is C14H16N2O2S. The van der Waals surface area contributed by atoms with Crippen molar-refractivity contribution in [2.24, 2.45) is 0 Å². The number of nitrogens with zero attached hydrogens (tertiary/aromatic N) is 1. The fourth-order valence-electron chi connectivity index (χ4n) is 1.92. The molecular weight excluding hydrogens is 260 g/mol. The molecule has 0 radical (unpaired) electrons. The number of hydrogen-bond acceptors (Lipinski definition) is 4. The summed E-state index contributed by atoms with van der Waals surface area (Å²) in [4.78, 5) is 13.2. The van der Waals surface area contributed by atoms with Gasteiger partial charge in [0, 0.05) is 25.0 Å². The molecule has 0 fully saturated rings. The second kappa shape index (κ2) is 5.32. The summed E-state index contributed by atoms with van der Waals surface area (Å²) < 4.78 is 0. The largest absolute Gasteiger partial charge is 0.478 e. The molecule has 3 N–H and O–H groups in total. The molecule has 2 aromatic rings. The van der Waals surface area contributed by atoms with Gasteiger partial charge >= 0.3 is 5.97 Å². The normalized spacial score (nSPS) is 10.4. The third kappa shape index (κ3) is 2.88. The van der Waals surface area contributed by atoms with Crippen LogP contribution in [0, 0.1) is 6.92 Å². The molecule has 100 valence electrons. The summed E-state index contributed by atoms with van der Waals surface area (Å²) >= 11 is 1.65. The standard InChI is InChI=1S/C14H16N2O2S/c1-9-5-11(6-12(13(9)15)14(17)18)16(2)7-10-3-4-19-8-10/h3-6,8H,7,15H2,1-2H3,(H,17,18). The molecule has 4 nitrogen and oxygen atoms in total. The van der Waals surface area contributed by atoms with Crippen molar-refractivity contribution in [3.05, 3.63) is 45.6 Å². The van der Waals surface area contributed by atoms with Gasteiger partial charge in [-0.3, -0.25) is 0 Å². The van der Waals surface area contributed by atoms with Gasteiger partial charge in [0.15, 0.2) is 0 Å². The van der Waals surface area contributed by atoms with Crippen LogP contribution in [0.3, 0.4) is 0 Å². The van der Waals surface area contributed by atoms with Crippen LogP contribution in [0.1, 0.15) is 21.5 Å². The summed E-state index contributed by atoms with van der Waals surface area (Å²) in [5.74, 6) is -0.994. The van der Waals surface area contributed by atoms with Gasteiger partial charge in [0.2, 0.25) is 0 Å². The lowest BCUT2D eigenvalue weighted by atomic mass is 10.1. The number of rotatable bonds is 4. The third-order valence-corrected chi connectivity index (χ3v) is 3.77. The zero-order chi connectivity index (χ0) is 14.0. The van der Waals surface area contributed by atoms with E-state index < -0.39 is 5.97 Å². The highest BCUT2D eigenvalue weighted by atomic mass is 32.1. The lowest BCUT2D eigenvalue weighted by Crippen LogP contribution is -2.17. The van der Waals surface area contributed by atoms with Crippen LogP contribution in [0.25, 0.3) is 0 Å². The molecule has 19 heavy (non-hydrogen) atoms. The predicted octanol–water partition coefficient (Wildman–Crippen LogP) is 2.97. The van der Waals surface area contributed by atoms with Crippen LogP contribution in [-0.4, -0.2) is 18.1 Å². The first kappa shape index (κ1) is 13.4. The van der Waals surface area contributed by atoms with Gasteiger partial charge in [-0.2, -0.15) is 11.3 Å². The van der Waals surface area contributed by atoms with E-state index in [0.29, 0.717) is 5.69 Å². The molecule has 0 saturated carbocycles. The summed E-state index contributed by atoms with van der Waals surface area (Å²) in [5, 5.41) is 13.3. The van der Waals surface area contributed by atoms with Crippen LogP contribution in [0.2, 0.25) is 0 Å². The van der Waals surface area contributed by atoms with E-state index in [1.54, 1.807) is 17.4 Å². The molecule has 1 heterocycles. The Hall–Kier alpha value is -2.01. The molecule has 0 amide bonds. The van der Waals surface area contributed by atoms with E-state index in [9.17, 15) is 4.79 Å². The van der Waals surface area contributed by atoms with Gasteiger partial charge in [-0.05, 0) is 47.0 Å². The number of thiophene rings is 1. The van der Waals surface area contributed by atoms with E-state index in [1.165, 1.54) is 5.56 Å². The fourth-order valence-corrected chi connectivity index (χ4v) is 2.58. The summed E-state index contributed by atoms with van der Waals surface area (Å²) in [6, 6.07) is 5.59. The predicted molar refractivity (Wildman–Crippen MR) is 79.0 cm³/mol. The zero-order valence-electron chi connectivity index (χ0n) is 10.9. The highest BCUT2D eigenvalue weighted by Gasteiger charge is 2.13. The molecule has 0 spiro atoms. The first-order valence-corrected chi connectivity index (χ1v) is 6.79. The van der Waals surface area contributed by atoms with Crippen molar-refractivity contribution in [2.75, 3.05) is 17.7 Å². The molecule has 0 bridgehead atoms. The van der Waals surface area contributed by atoms with Crippen molar-refractivity contribution in [1.82, 2.24) is 0 Å². The topological polar surface area (TPSA) is 66.6 Å². The van der Waals surface area contributed by atoms with Crippen LogP contribution in [-0.2, 0) is 6.54 Å². The van der Waals surface area contributed by atoms with Crippen molar-refractivity contribution in [1.29, 1.82) is 0 Å². The van der Waals surface area contributed by atoms with Gasteiger partial charge in [0.1, 0.15) is 0 Å². The summed E-state index contributed by atoms with van der Waals surface area (Å²) in [6.45, 7) is 2.57. The van der Waals surface area contributed by atoms with Crippen LogP contribution >= 0.6 is 11.3 Å². The number of hydrogen-bond donors (Lipinski definition) is 2. The number of benzene rings is 1. The Morgan fingerprint density at radius 1 is 1.47 bits per heavy atom. The van der Waals surface area contributed by atoms with Crippen molar-refractivity contribution in [3.8, 4) is 0 Å². The van der Waals surface area contributed by atoms with Crippen molar-refractivity contribution >= 4 is 28.7 Å².